The molecule has 3 heterocycles. The summed E-state index contributed by atoms with van der Waals surface area (Å²) < 4.78 is 15.1. The van der Waals surface area contributed by atoms with E-state index in [1.165, 1.54) is 12.1 Å². The van der Waals surface area contributed by atoms with Crippen molar-refractivity contribution < 1.29 is 14.0 Å². The van der Waals surface area contributed by atoms with Gasteiger partial charge in [0.05, 0.1) is 17.5 Å². The van der Waals surface area contributed by atoms with Crippen LogP contribution in [0.15, 0.2) is 48.8 Å². The third kappa shape index (κ3) is 5.29. The van der Waals surface area contributed by atoms with Crippen molar-refractivity contribution in [3.05, 3.63) is 65.7 Å². The Morgan fingerprint density at radius 3 is 2.91 bits per heavy atom. The van der Waals surface area contributed by atoms with Crippen LogP contribution in [0.4, 0.5) is 10.2 Å². The molecule has 0 aliphatic carbocycles. The fourth-order valence-corrected chi connectivity index (χ4v) is 3.65. The van der Waals surface area contributed by atoms with Crippen LogP contribution >= 0.6 is 0 Å². The highest BCUT2D eigenvalue weighted by molar-refractivity contribution is 5.99. The highest BCUT2D eigenvalue weighted by Crippen LogP contribution is 2.22. The molecule has 1 aromatic carbocycles. The average molecular weight is 436 g/mol. The van der Waals surface area contributed by atoms with Crippen molar-refractivity contribution in [2.75, 3.05) is 18.4 Å². The predicted molar refractivity (Wildman–Crippen MR) is 119 cm³/mol. The first-order valence-corrected chi connectivity index (χ1v) is 10.5. The van der Waals surface area contributed by atoms with E-state index in [-0.39, 0.29) is 23.7 Å². The van der Waals surface area contributed by atoms with Gasteiger partial charge in [-0.1, -0.05) is 12.1 Å². The molecule has 0 radical (unpaired) electrons. The molecule has 0 saturated carbocycles. The zero-order valence-electron chi connectivity index (χ0n) is 17.8. The van der Waals surface area contributed by atoms with Gasteiger partial charge in [0, 0.05) is 44.4 Å². The van der Waals surface area contributed by atoms with Crippen LogP contribution in [0.25, 0.3) is 11.3 Å². The van der Waals surface area contributed by atoms with Crippen LogP contribution in [0, 0.1) is 5.82 Å². The van der Waals surface area contributed by atoms with Gasteiger partial charge in [0.15, 0.2) is 0 Å². The van der Waals surface area contributed by atoms with Crippen molar-refractivity contribution in [3.8, 4) is 11.3 Å². The van der Waals surface area contributed by atoms with Crippen molar-refractivity contribution in [2.24, 2.45) is 7.05 Å². The molecule has 2 aromatic heterocycles. The summed E-state index contributed by atoms with van der Waals surface area (Å²) in [5.41, 5.74) is 2.78. The molecule has 4 rings (SSSR count). The summed E-state index contributed by atoms with van der Waals surface area (Å²) in [6.07, 6.45) is 5.32. The number of halogens is 1. The lowest BCUT2D eigenvalue weighted by Crippen LogP contribution is -2.38. The third-order valence-electron chi connectivity index (χ3n) is 5.33. The van der Waals surface area contributed by atoms with Crippen LogP contribution in [0.1, 0.15) is 28.8 Å². The lowest BCUT2D eigenvalue weighted by Gasteiger charge is -2.15. The van der Waals surface area contributed by atoms with Gasteiger partial charge in [-0.3, -0.25) is 14.3 Å². The average Bonchev–Trinajstić information content (AvgIpc) is 3.40. The number of carbonyl (C=O) groups excluding carboxylic acids is 2. The molecule has 1 atom stereocenters. The minimum Gasteiger partial charge on any atom is -0.369 e. The molecule has 0 unspecified atom stereocenters. The van der Waals surface area contributed by atoms with Crippen molar-refractivity contribution in [1.29, 1.82) is 0 Å². The summed E-state index contributed by atoms with van der Waals surface area (Å²) in [7, 11) is 1.82. The smallest absolute Gasteiger partial charge is 0.255 e. The van der Waals surface area contributed by atoms with Gasteiger partial charge >= 0.3 is 0 Å². The Morgan fingerprint density at radius 1 is 1.31 bits per heavy atom. The van der Waals surface area contributed by atoms with Gasteiger partial charge in [-0.15, -0.1) is 0 Å². The molecule has 0 bridgehead atoms. The molecule has 9 heteroatoms. The van der Waals surface area contributed by atoms with Crippen LogP contribution in [0.2, 0.25) is 0 Å². The Labute approximate surface area is 185 Å². The van der Waals surface area contributed by atoms with E-state index in [0.717, 1.165) is 11.1 Å². The highest BCUT2D eigenvalue weighted by Gasteiger charge is 2.22. The van der Waals surface area contributed by atoms with Gasteiger partial charge < -0.3 is 16.0 Å². The Hall–Kier alpha value is -3.75. The number of pyridine rings is 1. The van der Waals surface area contributed by atoms with Crippen LogP contribution in [0.5, 0.6) is 0 Å². The lowest BCUT2D eigenvalue weighted by molar-refractivity contribution is -0.119. The minimum absolute atomic E-state index is 0.00597. The number of hydrogen-bond donors (Lipinski definition) is 3. The molecule has 1 fully saturated rings. The van der Waals surface area contributed by atoms with Gasteiger partial charge in [-0.05, 0) is 42.7 Å². The maximum absolute atomic E-state index is 13.4. The molecule has 166 valence electrons. The number of rotatable bonds is 8. The van der Waals surface area contributed by atoms with Crippen LogP contribution in [-0.4, -0.2) is 45.7 Å². The van der Waals surface area contributed by atoms with Gasteiger partial charge in [-0.25, -0.2) is 9.37 Å². The molecule has 3 N–H and O–H groups in total. The number of benzene rings is 1. The standard InChI is InChI=1S/C23H25FN6O2/c1-30-14-16(12-27-30)20-7-6-19(23(32)26-13-18-5-8-21(31)28-18)22(29-20)25-10-9-15-3-2-4-17(24)11-15/h2-4,6-7,11-12,14,18H,5,8-10,13H2,1H3,(H,25,29)(H,26,32)(H,28,31)/t18-/m1/s1. The number of hydrogen-bond acceptors (Lipinski definition) is 5. The first kappa shape index (κ1) is 21.5. The normalized spacial score (nSPS) is 15.4. The number of aromatic nitrogens is 3. The van der Waals surface area contributed by atoms with E-state index in [9.17, 15) is 14.0 Å². The molecular formula is C23H25FN6O2. The number of nitrogens with one attached hydrogen (secondary N) is 3. The topological polar surface area (TPSA) is 101 Å². The van der Waals surface area contributed by atoms with E-state index in [1.807, 2.05) is 19.3 Å². The van der Waals surface area contributed by atoms with E-state index in [2.05, 4.69) is 26.0 Å². The van der Waals surface area contributed by atoms with Crippen LogP contribution in [0.3, 0.4) is 0 Å². The molecule has 8 nitrogen and oxygen atoms in total. The largest absolute Gasteiger partial charge is 0.369 e. The first-order chi connectivity index (χ1) is 15.5. The highest BCUT2D eigenvalue weighted by atomic mass is 19.1. The van der Waals surface area contributed by atoms with Crippen molar-refractivity contribution in [3.63, 3.8) is 0 Å². The van der Waals surface area contributed by atoms with Crippen LogP contribution < -0.4 is 16.0 Å². The maximum Gasteiger partial charge on any atom is 0.255 e. The summed E-state index contributed by atoms with van der Waals surface area (Å²) in [5.74, 6) is -0.106. The van der Waals surface area contributed by atoms with Crippen molar-refractivity contribution in [2.45, 2.75) is 25.3 Å². The second-order valence-corrected chi connectivity index (χ2v) is 7.82. The molecule has 2 amide bonds. The number of carbonyl (C=O) groups is 2. The lowest BCUT2D eigenvalue weighted by atomic mass is 10.1. The SMILES string of the molecule is Cn1cc(-c2ccc(C(=O)NC[C@H]3CCC(=O)N3)c(NCCc3cccc(F)c3)n2)cn1. The van der Waals surface area contributed by atoms with E-state index < -0.39 is 0 Å². The number of anilines is 1. The summed E-state index contributed by atoms with van der Waals surface area (Å²) in [4.78, 5) is 28.9. The zero-order valence-corrected chi connectivity index (χ0v) is 17.8. The van der Waals surface area contributed by atoms with Gasteiger partial charge in [0.25, 0.3) is 5.91 Å². The molecule has 1 aliphatic heterocycles. The van der Waals surface area contributed by atoms with Gasteiger partial charge in [0.2, 0.25) is 5.91 Å². The zero-order chi connectivity index (χ0) is 22.5. The van der Waals surface area contributed by atoms with Crippen LogP contribution in [-0.2, 0) is 18.3 Å². The Morgan fingerprint density at radius 2 is 2.19 bits per heavy atom. The molecule has 1 saturated heterocycles. The quantitative estimate of drug-likeness (QED) is 0.503. The summed E-state index contributed by atoms with van der Waals surface area (Å²) in [6, 6.07) is 9.87. The van der Waals surface area contributed by atoms with Crippen molar-refractivity contribution in [1.82, 2.24) is 25.4 Å². The first-order valence-electron chi connectivity index (χ1n) is 10.5. The molecule has 3 aromatic rings. The minimum atomic E-state index is -0.279. The Balaban J connectivity index is 1.49. The number of nitrogens with zero attached hydrogens (tertiary/aromatic N) is 3. The fraction of sp³-hybridized carbons (Fsp3) is 0.304. The number of aryl methyl sites for hydroxylation is 1. The molecule has 0 spiro atoms. The van der Waals surface area contributed by atoms with Crippen molar-refractivity contribution >= 4 is 17.6 Å². The Kier molecular flexibility index (Phi) is 6.44. The maximum atomic E-state index is 13.4. The summed E-state index contributed by atoms with van der Waals surface area (Å²) in [6.45, 7) is 0.837. The van der Waals surface area contributed by atoms with Gasteiger partial charge in [0.1, 0.15) is 11.6 Å². The fourth-order valence-electron chi connectivity index (χ4n) is 3.65. The van der Waals surface area contributed by atoms with E-state index in [4.69, 9.17) is 0 Å². The third-order valence-corrected chi connectivity index (χ3v) is 5.33. The van der Waals surface area contributed by atoms with E-state index in [0.29, 0.717) is 49.4 Å². The summed E-state index contributed by atoms with van der Waals surface area (Å²) in [5, 5.41) is 13.1. The second kappa shape index (κ2) is 9.59. The predicted octanol–water partition coefficient (Wildman–Crippen LogP) is 2.28. The van der Waals surface area contributed by atoms with Gasteiger partial charge in [-0.2, -0.15) is 5.10 Å². The molecule has 32 heavy (non-hydrogen) atoms. The second-order valence-electron chi connectivity index (χ2n) is 7.82. The number of amides is 2. The van der Waals surface area contributed by atoms with E-state index in [1.54, 1.807) is 29.1 Å². The van der Waals surface area contributed by atoms with E-state index >= 15 is 0 Å². The Bertz CT molecular complexity index is 1130. The molecular weight excluding hydrogens is 411 g/mol. The summed E-state index contributed by atoms with van der Waals surface area (Å²) >= 11 is 0. The monoisotopic (exact) mass is 436 g/mol. The molecule has 1 aliphatic rings.